The zero-order valence-electron chi connectivity index (χ0n) is 17.3. The molecule has 0 bridgehead atoms. The second-order valence-electron chi connectivity index (χ2n) is 7.10. The number of halogens is 1. The van der Waals surface area contributed by atoms with Crippen molar-refractivity contribution in [3.63, 3.8) is 0 Å². The van der Waals surface area contributed by atoms with Crippen LogP contribution in [-0.2, 0) is 21.9 Å². The summed E-state index contributed by atoms with van der Waals surface area (Å²) < 4.78 is 1.04. The van der Waals surface area contributed by atoms with Crippen LogP contribution in [0.25, 0.3) is 0 Å². The van der Waals surface area contributed by atoms with Crippen molar-refractivity contribution in [3.8, 4) is 0 Å². The van der Waals surface area contributed by atoms with E-state index in [1.807, 2.05) is 56.3 Å². The lowest BCUT2D eigenvalue weighted by atomic mass is 10.1. The Bertz CT molecular complexity index is 811. The van der Waals surface area contributed by atoms with Crippen LogP contribution in [0.1, 0.15) is 37.0 Å². The maximum atomic E-state index is 13.0. The van der Waals surface area contributed by atoms with Crippen molar-refractivity contribution in [1.29, 1.82) is 0 Å². The Morgan fingerprint density at radius 3 is 2.52 bits per heavy atom. The molecule has 0 fully saturated rings. The third-order valence-corrected chi connectivity index (χ3v) is 6.08. The molecule has 0 unspecified atom stereocenters. The van der Waals surface area contributed by atoms with Gasteiger partial charge in [0.2, 0.25) is 11.8 Å². The minimum Gasteiger partial charge on any atom is -0.354 e. The Morgan fingerprint density at radius 1 is 1.14 bits per heavy atom. The summed E-state index contributed by atoms with van der Waals surface area (Å²) >= 11 is 5.01. The standard InChI is InChI=1S/C23H29BrN2O2S/c1-4-12-25-23(28)18(3)26(14-20-7-5-6-17(2)13-20)22(27)16-29-15-19-8-10-21(24)11-9-19/h5-11,13,18H,4,12,14-16H2,1-3H3,(H,25,28)/t18-/m0/s1. The minimum atomic E-state index is -0.511. The summed E-state index contributed by atoms with van der Waals surface area (Å²) in [6.07, 6.45) is 0.868. The van der Waals surface area contributed by atoms with E-state index in [-0.39, 0.29) is 11.8 Å². The molecule has 2 amide bonds. The van der Waals surface area contributed by atoms with Crippen LogP contribution >= 0.6 is 27.7 Å². The van der Waals surface area contributed by atoms with E-state index in [4.69, 9.17) is 0 Å². The van der Waals surface area contributed by atoms with Gasteiger partial charge in [-0.1, -0.05) is 64.8 Å². The topological polar surface area (TPSA) is 49.4 Å². The maximum Gasteiger partial charge on any atom is 0.242 e. The lowest BCUT2D eigenvalue weighted by Crippen LogP contribution is -2.48. The predicted octanol–water partition coefficient (Wildman–Crippen LogP) is 4.93. The van der Waals surface area contributed by atoms with Gasteiger partial charge in [-0.25, -0.2) is 0 Å². The van der Waals surface area contributed by atoms with E-state index in [1.165, 1.54) is 5.56 Å². The Kier molecular flexibility index (Phi) is 9.74. The molecule has 2 aromatic rings. The van der Waals surface area contributed by atoms with Crippen LogP contribution in [0.15, 0.2) is 53.0 Å². The number of carbonyl (C=O) groups excluding carboxylic acids is 2. The molecule has 6 heteroatoms. The number of amides is 2. The smallest absolute Gasteiger partial charge is 0.242 e. The first kappa shape index (κ1) is 23.5. The number of aryl methyl sites for hydroxylation is 1. The monoisotopic (exact) mass is 476 g/mol. The summed E-state index contributed by atoms with van der Waals surface area (Å²) in [4.78, 5) is 27.2. The fraction of sp³-hybridized carbons (Fsp3) is 0.391. The molecule has 0 saturated heterocycles. The van der Waals surface area contributed by atoms with Crippen molar-refractivity contribution in [2.45, 2.75) is 45.5 Å². The summed E-state index contributed by atoms with van der Waals surface area (Å²) in [5, 5.41) is 2.91. The molecule has 1 atom stereocenters. The van der Waals surface area contributed by atoms with Crippen LogP contribution in [0.3, 0.4) is 0 Å². The third kappa shape index (κ3) is 7.86. The van der Waals surface area contributed by atoms with Crippen molar-refractivity contribution in [2.75, 3.05) is 12.3 Å². The first-order valence-corrected chi connectivity index (χ1v) is 11.8. The van der Waals surface area contributed by atoms with Crippen LogP contribution < -0.4 is 5.32 Å². The van der Waals surface area contributed by atoms with E-state index in [0.717, 1.165) is 27.8 Å². The van der Waals surface area contributed by atoms with E-state index in [1.54, 1.807) is 23.6 Å². The van der Waals surface area contributed by atoms with Gasteiger partial charge in [0.15, 0.2) is 0 Å². The lowest BCUT2D eigenvalue weighted by Gasteiger charge is -2.29. The van der Waals surface area contributed by atoms with Crippen LogP contribution in [0.5, 0.6) is 0 Å². The van der Waals surface area contributed by atoms with Gasteiger partial charge in [0.25, 0.3) is 0 Å². The number of hydrogen-bond donors (Lipinski definition) is 1. The van der Waals surface area contributed by atoms with Crippen LogP contribution in [0.2, 0.25) is 0 Å². The molecule has 0 spiro atoms. The fourth-order valence-electron chi connectivity index (χ4n) is 2.91. The number of nitrogens with one attached hydrogen (secondary N) is 1. The maximum absolute atomic E-state index is 13.0. The molecule has 0 aromatic heterocycles. The largest absolute Gasteiger partial charge is 0.354 e. The zero-order valence-corrected chi connectivity index (χ0v) is 19.7. The van der Waals surface area contributed by atoms with Crippen molar-refractivity contribution in [1.82, 2.24) is 10.2 Å². The SMILES string of the molecule is CCCNC(=O)[C@H](C)N(Cc1cccc(C)c1)C(=O)CSCc1ccc(Br)cc1. The average molecular weight is 477 g/mol. The summed E-state index contributed by atoms with van der Waals surface area (Å²) in [6.45, 7) is 6.90. The zero-order chi connectivity index (χ0) is 21.2. The van der Waals surface area contributed by atoms with Gasteiger partial charge in [0.1, 0.15) is 6.04 Å². The Hall–Kier alpha value is -1.79. The van der Waals surface area contributed by atoms with E-state index < -0.39 is 6.04 Å². The molecule has 2 rings (SSSR count). The molecule has 0 aliphatic carbocycles. The highest BCUT2D eigenvalue weighted by atomic mass is 79.9. The average Bonchev–Trinajstić information content (AvgIpc) is 2.71. The highest BCUT2D eigenvalue weighted by Gasteiger charge is 2.25. The van der Waals surface area contributed by atoms with Gasteiger partial charge >= 0.3 is 0 Å². The van der Waals surface area contributed by atoms with Gasteiger partial charge in [0.05, 0.1) is 5.75 Å². The van der Waals surface area contributed by atoms with Gasteiger partial charge in [-0.2, -0.15) is 0 Å². The molecule has 0 heterocycles. The summed E-state index contributed by atoms with van der Waals surface area (Å²) in [5.41, 5.74) is 3.35. The van der Waals surface area contributed by atoms with Crippen molar-refractivity contribution < 1.29 is 9.59 Å². The number of thioether (sulfide) groups is 1. The van der Waals surface area contributed by atoms with Crippen LogP contribution in [0.4, 0.5) is 0 Å². The number of nitrogens with zero attached hydrogens (tertiary/aromatic N) is 1. The molecule has 0 saturated carbocycles. The van der Waals surface area contributed by atoms with Crippen molar-refractivity contribution in [2.24, 2.45) is 0 Å². The molecule has 0 radical (unpaired) electrons. The summed E-state index contributed by atoms with van der Waals surface area (Å²) in [7, 11) is 0. The molecule has 1 N–H and O–H groups in total. The second-order valence-corrected chi connectivity index (χ2v) is 9.00. The molecule has 156 valence electrons. The van der Waals surface area contributed by atoms with Gasteiger partial charge in [0, 0.05) is 23.3 Å². The number of hydrogen-bond acceptors (Lipinski definition) is 3. The fourth-order valence-corrected chi connectivity index (χ4v) is 4.04. The molecular formula is C23H29BrN2O2S. The molecule has 29 heavy (non-hydrogen) atoms. The molecule has 4 nitrogen and oxygen atoms in total. The van der Waals surface area contributed by atoms with Crippen LogP contribution in [-0.4, -0.2) is 35.1 Å². The highest BCUT2D eigenvalue weighted by molar-refractivity contribution is 9.10. The quantitative estimate of drug-likeness (QED) is 0.528. The Balaban J connectivity index is 2.04. The van der Waals surface area contributed by atoms with E-state index in [9.17, 15) is 9.59 Å². The second kappa shape index (κ2) is 12.0. The highest BCUT2D eigenvalue weighted by Crippen LogP contribution is 2.18. The normalized spacial score (nSPS) is 11.7. The number of benzene rings is 2. The molecule has 0 aliphatic rings. The molecular weight excluding hydrogens is 448 g/mol. The van der Waals surface area contributed by atoms with Gasteiger partial charge in [-0.05, 0) is 43.5 Å². The Morgan fingerprint density at radius 2 is 1.86 bits per heavy atom. The van der Waals surface area contributed by atoms with Gasteiger partial charge in [-0.3, -0.25) is 9.59 Å². The van der Waals surface area contributed by atoms with Gasteiger partial charge < -0.3 is 10.2 Å². The third-order valence-electron chi connectivity index (χ3n) is 4.56. The van der Waals surface area contributed by atoms with Crippen molar-refractivity contribution >= 4 is 39.5 Å². The molecule has 2 aromatic carbocycles. The summed E-state index contributed by atoms with van der Waals surface area (Å²) in [5.74, 6) is 0.972. The minimum absolute atomic E-state index is 0.0206. The van der Waals surface area contributed by atoms with E-state index >= 15 is 0 Å². The lowest BCUT2D eigenvalue weighted by molar-refractivity contribution is -0.138. The Labute approximate surface area is 186 Å². The molecule has 0 aliphatic heterocycles. The van der Waals surface area contributed by atoms with Crippen LogP contribution in [0, 0.1) is 6.92 Å². The van der Waals surface area contributed by atoms with Gasteiger partial charge in [-0.15, -0.1) is 11.8 Å². The van der Waals surface area contributed by atoms with Crippen molar-refractivity contribution in [3.05, 3.63) is 69.7 Å². The predicted molar refractivity (Wildman–Crippen MR) is 125 cm³/mol. The number of carbonyl (C=O) groups is 2. The summed E-state index contributed by atoms with van der Waals surface area (Å²) in [6, 6.07) is 15.7. The van der Waals surface area contributed by atoms with E-state index in [0.29, 0.717) is 18.8 Å². The first-order valence-electron chi connectivity index (χ1n) is 9.85. The van der Waals surface area contributed by atoms with E-state index in [2.05, 4.69) is 27.3 Å². The first-order chi connectivity index (χ1) is 13.9. The number of rotatable bonds is 10.